The summed E-state index contributed by atoms with van der Waals surface area (Å²) in [7, 11) is 0. The summed E-state index contributed by atoms with van der Waals surface area (Å²) >= 11 is 4.71. The largest absolute Gasteiger partial charge is 0.141 e. The highest BCUT2D eigenvalue weighted by Crippen LogP contribution is 2.74. The van der Waals surface area contributed by atoms with Crippen molar-refractivity contribution in [2.45, 2.75) is 40.9 Å². The number of benzene rings is 2. The molecule has 0 aromatic heterocycles. The highest BCUT2D eigenvalue weighted by atomic mass is 32.2. The van der Waals surface area contributed by atoms with Crippen molar-refractivity contribution < 1.29 is 0 Å². The van der Waals surface area contributed by atoms with Gasteiger partial charge in [-0.05, 0) is 66.9 Å². The molecular weight excluding hydrogens is 352 g/mol. The van der Waals surface area contributed by atoms with Crippen molar-refractivity contribution in [2.75, 3.05) is 5.75 Å². The Bertz CT molecular complexity index is 730. The maximum Gasteiger partial charge on any atom is 0.0761 e. The first-order chi connectivity index (χ1) is 12.8. The minimum atomic E-state index is 0.128. The van der Waals surface area contributed by atoms with Crippen LogP contribution >= 0.6 is 23.5 Å². The summed E-state index contributed by atoms with van der Waals surface area (Å²) in [5.41, 5.74) is 3.02. The zero-order chi connectivity index (χ0) is 17.2. The first-order valence-corrected chi connectivity index (χ1v) is 12.0. The molecule has 0 nitrogen and oxygen atoms in total. The third-order valence-corrected chi connectivity index (χ3v) is 12.0. The van der Waals surface area contributed by atoms with E-state index in [9.17, 15) is 0 Å². The standard InChI is InChI=1S/C24H26S2/c1-3-7-19(8-4-1)23(20-9-5-2-6-10-20)16-25-24(26-23)21-12-17-11-18(14-21)15-22(24)13-17/h1-10,17-18,21-22H,11-16H2. The quantitative estimate of drug-likeness (QED) is 0.580. The van der Waals surface area contributed by atoms with Crippen LogP contribution in [-0.2, 0) is 4.75 Å². The minimum absolute atomic E-state index is 0.128. The fraction of sp³-hybridized carbons (Fsp3) is 0.500. The molecule has 1 spiro atoms. The molecule has 0 amide bonds. The predicted octanol–water partition coefficient (Wildman–Crippen LogP) is 6.56. The molecule has 4 bridgehead atoms. The third-order valence-electron chi connectivity index (χ3n) is 7.59. The topological polar surface area (TPSA) is 0 Å². The van der Waals surface area contributed by atoms with Gasteiger partial charge < -0.3 is 0 Å². The maximum atomic E-state index is 2.37. The first-order valence-electron chi connectivity index (χ1n) is 10.2. The second-order valence-electron chi connectivity index (χ2n) is 8.98. The number of thioether (sulfide) groups is 2. The molecule has 0 radical (unpaired) electrons. The van der Waals surface area contributed by atoms with Crippen LogP contribution in [0.15, 0.2) is 60.7 Å². The molecule has 2 aromatic carbocycles. The van der Waals surface area contributed by atoms with Crippen molar-refractivity contribution in [3.63, 3.8) is 0 Å². The molecule has 2 aromatic rings. The second kappa shape index (κ2) is 5.82. The Morgan fingerprint density at radius 3 is 1.65 bits per heavy atom. The van der Waals surface area contributed by atoms with Crippen molar-refractivity contribution in [1.82, 2.24) is 0 Å². The minimum Gasteiger partial charge on any atom is -0.141 e. The van der Waals surface area contributed by atoms with Gasteiger partial charge in [-0.3, -0.25) is 0 Å². The molecule has 26 heavy (non-hydrogen) atoms. The molecule has 134 valence electrons. The molecule has 1 saturated heterocycles. The van der Waals surface area contributed by atoms with E-state index in [4.69, 9.17) is 0 Å². The SMILES string of the molecule is c1ccc(C2(c3ccccc3)CSC3(S2)C2CC4CC(C2)CC3C4)cc1. The molecule has 7 rings (SSSR count). The highest BCUT2D eigenvalue weighted by molar-refractivity contribution is 8.22. The lowest BCUT2D eigenvalue weighted by Gasteiger charge is -2.59. The fourth-order valence-corrected chi connectivity index (χ4v) is 11.3. The molecular formula is C24H26S2. The molecule has 4 aliphatic carbocycles. The number of hydrogen-bond donors (Lipinski definition) is 0. The summed E-state index contributed by atoms with van der Waals surface area (Å²) in [5, 5.41) is 0. The van der Waals surface area contributed by atoms with E-state index in [-0.39, 0.29) is 4.75 Å². The van der Waals surface area contributed by atoms with Crippen LogP contribution in [0, 0.1) is 23.7 Å². The van der Waals surface area contributed by atoms with Crippen LogP contribution in [0.2, 0.25) is 0 Å². The van der Waals surface area contributed by atoms with Crippen LogP contribution in [-0.4, -0.2) is 9.83 Å². The molecule has 5 fully saturated rings. The van der Waals surface area contributed by atoms with Gasteiger partial charge in [-0.25, -0.2) is 0 Å². The van der Waals surface area contributed by atoms with E-state index in [0.29, 0.717) is 4.08 Å². The summed E-state index contributed by atoms with van der Waals surface area (Å²) in [6, 6.07) is 22.7. The van der Waals surface area contributed by atoms with Gasteiger partial charge in [0.2, 0.25) is 0 Å². The van der Waals surface area contributed by atoms with Gasteiger partial charge in [0.05, 0.1) is 8.83 Å². The second-order valence-corrected chi connectivity index (χ2v) is 12.1. The van der Waals surface area contributed by atoms with E-state index in [1.807, 2.05) is 0 Å². The maximum absolute atomic E-state index is 2.37. The Hall–Kier alpha value is -0.860. The van der Waals surface area contributed by atoms with E-state index in [1.54, 1.807) is 6.42 Å². The molecule has 1 heterocycles. The molecule has 1 aliphatic heterocycles. The van der Waals surface area contributed by atoms with Gasteiger partial charge in [0, 0.05) is 5.75 Å². The smallest absolute Gasteiger partial charge is 0.0761 e. The first kappa shape index (κ1) is 16.1. The van der Waals surface area contributed by atoms with Gasteiger partial charge in [-0.1, -0.05) is 60.7 Å². The van der Waals surface area contributed by atoms with Crippen molar-refractivity contribution in [3.05, 3.63) is 71.8 Å². The zero-order valence-electron chi connectivity index (χ0n) is 15.1. The Morgan fingerprint density at radius 2 is 1.15 bits per heavy atom. The van der Waals surface area contributed by atoms with E-state index < -0.39 is 0 Å². The van der Waals surface area contributed by atoms with Crippen molar-refractivity contribution in [1.29, 1.82) is 0 Å². The Morgan fingerprint density at radius 1 is 0.654 bits per heavy atom. The van der Waals surface area contributed by atoms with Gasteiger partial charge in [-0.15, -0.1) is 23.5 Å². The summed E-state index contributed by atoms with van der Waals surface area (Å²) < 4.78 is 0.599. The lowest BCUT2D eigenvalue weighted by Crippen LogP contribution is -2.53. The molecule has 2 heteroatoms. The normalized spacial score (nSPS) is 39.5. The highest BCUT2D eigenvalue weighted by Gasteiger charge is 2.64. The average Bonchev–Trinajstić information content (AvgIpc) is 3.10. The summed E-state index contributed by atoms with van der Waals surface area (Å²) in [5.74, 6) is 5.22. The van der Waals surface area contributed by atoms with Gasteiger partial charge in [0.1, 0.15) is 0 Å². The van der Waals surface area contributed by atoms with Gasteiger partial charge in [0.15, 0.2) is 0 Å². The molecule has 0 N–H and O–H groups in total. The predicted molar refractivity (Wildman–Crippen MR) is 113 cm³/mol. The van der Waals surface area contributed by atoms with Crippen LogP contribution in [0.1, 0.15) is 43.2 Å². The van der Waals surface area contributed by atoms with Crippen LogP contribution in [0.25, 0.3) is 0 Å². The van der Waals surface area contributed by atoms with E-state index in [0.717, 1.165) is 23.7 Å². The average molecular weight is 379 g/mol. The van der Waals surface area contributed by atoms with Gasteiger partial charge in [-0.2, -0.15) is 0 Å². The van der Waals surface area contributed by atoms with Gasteiger partial charge >= 0.3 is 0 Å². The molecule has 5 aliphatic rings. The monoisotopic (exact) mass is 378 g/mol. The summed E-state index contributed by atoms with van der Waals surface area (Å²) in [6.45, 7) is 0. The van der Waals surface area contributed by atoms with Crippen molar-refractivity contribution in [3.8, 4) is 0 Å². The zero-order valence-corrected chi connectivity index (χ0v) is 16.8. The Labute approximate surface area is 165 Å². The van der Waals surface area contributed by atoms with Crippen LogP contribution < -0.4 is 0 Å². The Kier molecular flexibility index (Phi) is 3.61. The van der Waals surface area contributed by atoms with Crippen molar-refractivity contribution >= 4 is 23.5 Å². The third kappa shape index (κ3) is 2.18. The van der Waals surface area contributed by atoms with Gasteiger partial charge in [0.25, 0.3) is 0 Å². The lowest BCUT2D eigenvalue weighted by atomic mass is 9.56. The summed E-state index contributed by atoms with van der Waals surface area (Å²) in [6.07, 6.45) is 7.57. The van der Waals surface area contributed by atoms with Crippen LogP contribution in [0.5, 0.6) is 0 Å². The van der Waals surface area contributed by atoms with E-state index in [2.05, 4.69) is 84.2 Å². The van der Waals surface area contributed by atoms with E-state index in [1.165, 1.54) is 42.6 Å². The molecule has 0 unspecified atom stereocenters. The lowest BCUT2D eigenvalue weighted by molar-refractivity contribution is 0.0158. The van der Waals surface area contributed by atoms with Crippen LogP contribution in [0.4, 0.5) is 0 Å². The van der Waals surface area contributed by atoms with E-state index >= 15 is 0 Å². The molecule has 0 atom stereocenters. The van der Waals surface area contributed by atoms with Crippen LogP contribution in [0.3, 0.4) is 0 Å². The number of hydrogen-bond acceptors (Lipinski definition) is 2. The Balaban J connectivity index is 1.46. The number of rotatable bonds is 2. The summed E-state index contributed by atoms with van der Waals surface area (Å²) in [4.78, 5) is 0. The fourth-order valence-electron chi connectivity index (χ4n) is 6.66. The van der Waals surface area contributed by atoms with Crippen molar-refractivity contribution in [2.24, 2.45) is 23.7 Å². The molecule has 4 saturated carbocycles.